The van der Waals surface area contributed by atoms with Gasteiger partial charge in [-0.1, -0.05) is 346 Å². The second-order valence-corrected chi connectivity index (χ2v) is 24.2. The van der Waals surface area contributed by atoms with Crippen LogP contribution in [-0.2, 0) is 14.3 Å². The van der Waals surface area contributed by atoms with Crippen LogP contribution in [0.3, 0.4) is 0 Å². The Morgan fingerprint density at radius 2 is 0.610 bits per heavy atom. The lowest BCUT2D eigenvalue weighted by atomic mass is 10.0. The maximum atomic E-state index is 12.5. The Bertz CT molecular complexity index is 1200. The monoisotopic (exact) mass is 1080 g/mol. The number of carbonyl (C=O) groups is 2. The Morgan fingerprint density at radius 1 is 0.351 bits per heavy atom. The van der Waals surface area contributed by atoms with Crippen molar-refractivity contribution >= 4 is 11.9 Å². The minimum atomic E-state index is -0.851. The normalized spacial score (nSPS) is 12.6. The van der Waals surface area contributed by atoms with Crippen LogP contribution in [-0.4, -0.2) is 47.4 Å². The number of hydrogen-bond donors (Lipinski definition) is 3. The van der Waals surface area contributed by atoms with Crippen LogP contribution in [0.2, 0.25) is 0 Å². The van der Waals surface area contributed by atoms with Gasteiger partial charge in [-0.2, -0.15) is 0 Å². The number of aliphatic hydroxyl groups is 2. The fourth-order valence-corrected chi connectivity index (χ4v) is 11.1. The first-order chi connectivity index (χ1) is 38.0. The molecular formula is C71H137NO5. The van der Waals surface area contributed by atoms with Crippen LogP contribution in [0.15, 0.2) is 24.3 Å². The lowest BCUT2D eigenvalue weighted by molar-refractivity contribution is -0.143. The van der Waals surface area contributed by atoms with Gasteiger partial charge in [0.15, 0.2) is 0 Å². The van der Waals surface area contributed by atoms with Gasteiger partial charge in [-0.3, -0.25) is 9.59 Å². The summed E-state index contributed by atoms with van der Waals surface area (Å²) in [5.41, 5.74) is 0. The number of aliphatic hydroxyl groups excluding tert-OH is 2. The van der Waals surface area contributed by atoms with Crippen molar-refractivity contribution in [3.63, 3.8) is 0 Å². The average Bonchev–Trinajstić information content (AvgIpc) is 3.43. The van der Waals surface area contributed by atoms with Crippen LogP contribution in [0.25, 0.3) is 0 Å². The molecule has 2 atom stereocenters. The van der Waals surface area contributed by atoms with Crippen molar-refractivity contribution in [2.45, 2.75) is 405 Å². The van der Waals surface area contributed by atoms with Crippen LogP contribution in [0.5, 0.6) is 0 Å². The van der Waals surface area contributed by atoms with Crippen LogP contribution in [0, 0.1) is 0 Å². The average molecular weight is 1080 g/mol. The molecule has 0 spiro atoms. The molecule has 0 heterocycles. The molecule has 6 nitrogen and oxygen atoms in total. The van der Waals surface area contributed by atoms with Gasteiger partial charge in [0.25, 0.3) is 0 Å². The molecule has 0 aromatic heterocycles. The standard InChI is InChI=1S/C71H137NO5/c1-3-5-7-9-11-13-15-17-19-20-21-22-23-24-26-29-32-36-39-43-47-51-55-59-63-69(74)68(67-73)72-70(75)64-60-56-52-48-44-40-37-33-30-27-25-28-31-34-38-42-46-50-54-58-62-66-77-71(76)65-61-57-53-49-45-41-35-18-16-14-12-10-8-6-4-2/h27,30,59,63,68-69,73-74H,3-26,28-29,31-58,60-62,64-67H2,1-2H3,(H,72,75)/b30-27-,63-59+. The van der Waals surface area contributed by atoms with Crippen molar-refractivity contribution in [2.24, 2.45) is 0 Å². The van der Waals surface area contributed by atoms with Gasteiger partial charge in [0, 0.05) is 12.8 Å². The zero-order chi connectivity index (χ0) is 55.7. The molecule has 0 bridgehead atoms. The van der Waals surface area contributed by atoms with E-state index in [4.69, 9.17) is 4.74 Å². The highest BCUT2D eigenvalue weighted by Gasteiger charge is 2.18. The molecular weight excluding hydrogens is 947 g/mol. The van der Waals surface area contributed by atoms with E-state index in [1.807, 2.05) is 6.08 Å². The lowest BCUT2D eigenvalue weighted by Crippen LogP contribution is -2.45. The summed E-state index contributed by atoms with van der Waals surface area (Å²) in [6.45, 7) is 4.94. The minimum Gasteiger partial charge on any atom is -0.466 e. The number of unbranched alkanes of at least 4 members (excludes halogenated alkanes) is 53. The Hall–Kier alpha value is -1.66. The van der Waals surface area contributed by atoms with Gasteiger partial charge in [-0.15, -0.1) is 0 Å². The van der Waals surface area contributed by atoms with Crippen LogP contribution < -0.4 is 5.32 Å². The molecule has 0 aliphatic carbocycles. The number of amides is 1. The first-order valence-corrected chi connectivity index (χ1v) is 35.1. The molecule has 3 N–H and O–H groups in total. The number of allylic oxidation sites excluding steroid dienone is 3. The number of hydrogen-bond acceptors (Lipinski definition) is 5. The van der Waals surface area contributed by atoms with Gasteiger partial charge in [0.05, 0.1) is 25.4 Å². The summed E-state index contributed by atoms with van der Waals surface area (Å²) in [6.07, 6.45) is 83.9. The van der Waals surface area contributed by atoms with E-state index in [0.717, 1.165) is 44.9 Å². The summed E-state index contributed by atoms with van der Waals surface area (Å²) in [6, 6.07) is -0.635. The zero-order valence-electron chi connectivity index (χ0n) is 52.2. The fourth-order valence-electron chi connectivity index (χ4n) is 11.1. The molecule has 0 aromatic carbocycles. The van der Waals surface area contributed by atoms with Crippen molar-refractivity contribution in [1.29, 1.82) is 0 Å². The Balaban J connectivity index is 3.44. The highest BCUT2D eigenvalue weighted by atomic mass is 16.5. The molecule has 1 amide bonds. The summed E-state index contributed by atoms with van der Waals surface area (Å²) < 4.78 is 5.49. The number of nitrogens with one attached hydrogen (secondary N) is 1. The van der Waals surface area contributed by atoms with Gasteiger partial charge in [-0.25, -0.2) is 0 Å². The predicted molar refractivity (Wildman–Crippen MR) is 338 cm³/mol. The topological polar surface area (TPSA) is 95.9 Å². The number of esters is 1. The number of rotatable bonds is 66. The molecule has 0 aliphatic heterocycles. The van der Waals surface area contributed by atoms with E-state index in [1.165, 1.54) is 321 Å². The minimum absolute atomic E-state index is 0.0114. The van der Waals surface area contributed by atoms with E-state index >= 15 is 0 Å². The van der Waals surface area contributed by atoms with Gasteiger partial charge in [0.2, 0.25) is 5.91 Å². The Morgan fingerprint density at radius 3 is 0.922 bits per heavy atom. The second-order valence-electron chi connectivity index (χ2n) is 24.2. The molecule has 77 heavy (non-hydrogen) atoms. The fraction of sp³-hybridized carbons (Fsp3) is 0.915. The molecule has 6 heteroatoms. The molecule has 0 aromatic rings. The van der Waals surface area contributed by atoms with Crippen LogP contribution in [0.1, 0.15) is 393 Å². The quantitative estimate of drug-likeness (QED) is 0.0320. The molecule has 0 saturated heterocycles. The summed E-state index contributed by atoms with van der Waals surface area (Å²) in [5, 5.41) is 23.3. The van der Waals surface area contributed by atoms with Gasteiger partial charge >= 0.3 is 5.97 Å². The SMILES string of the molecule is CCCCCCCCCCCCCCCCCCCCCCCC/C=C/C(O)C(CO)NC(=O)CCCCCCCCC/C=C\CCCCCCCCCCCCOC(=O)CCCCCCCCCCCCCCCCC. The van der Waals surface area contributed by atoms with E-state index in [9.17, 15) is 19.8 Å². The first-order valence-electron chi connectivity index (χ1n) is 35.1. The zero-order valence-corrected chi connectivity index (χ0v) is 52.2. The van der Waals surface area contributed by atoms with Crippen molar-refractivity contribution in [3.05, 3.63) is 24.3 Å². The summed E-state index contributed by atoms with van der Waals surface area (Å²) >= 11 is 0. The second kappa shape index (κ2) is 66.8. The summed E-state index contributed by atoms with van der Waals surface area (Å²) in [7, 11) is 0. The summed E-state index contributed by atoms with van der Waals surface area (Å²) in [4.78, 5) is 24.6. The van der Waals surface area contributed by atoms with E-state index in [1.54, 1.807) is 6.08 Å². The number of ether oxygens (including phenoxy) is 1. The van der Waals surface area contributed by atoms with Gasteiger partial charge in [0.1, 0.15) is 0 Å². The van der Waals surface area contributed by atoms with Gasteiger partial charge < -0.3 is 20.3 Å². The largest absolute Gasteiger partial charge is 0.466 e. The van der Waals surface area contributed by atoms with Crippen LogP contribution in [0.4, 0.5) is 0 Å². The summed E-state index contributed by atoms with van der Waals surface area (Å²) in [5.74, 6) is -0.0600. The van der Waals surface area contributed by atoms with Crippen LogP contribution >= 0.6 is 0 Å². The number of carbonyl (C=O) groups excluding carboxylic acids is 2. The van der Waals surface area contributed by atoms with Gasteiger partial charge in [-0.05, 0) is 57.8 Å². The third-order valence-corrected chi connectivity index (χ3v) is 16.5. The molecule has 0 saturated carbocycles. The lowest BCUT2D eigenvalue weighted by Gasteiger charge is -2.20. The maximum absolute atomic E-state index is 12.5. The van der Waals surface area contributed by atoms with Crippen molar-refractivity contribution in [2.75, 3.05) is 13.2 Å². The molecule has 0 rings (SSSR count). The molecule has 456 valence electrons. The first kappa shape index (κ1) is 75.3. The van der Waals surface area contributed by atoms with Crippen molar-refractivity contribution < 1.29 is 24.5 Å². The van der Waals surface area contributed by atoms with Crippen molar-refractivity contribution in [1.82, 2.24) is 5.32 Å². The smallest absolute Gasteiger partial charge is 0.305 e. The van der Waals surface area contributed by atoms with E-state index in [2.05, 4.69) is 31.3 Å². The molecule has 2 unspecified atom stereocenters. The molecule has 0 radical (unpaired) electrons. The Kier molecular flexibility index (Phi) is 65.4. The molecule has 0 fully saturated rings. The maximum Gasteiger partial charge on any atom is 0.305 e. The molecule has 0 aliphatic rings. The highest BCUT2D eigenvalue weighted by molar-refractivity contribution is 5.76. The third kappa shape index (κ3) is 63.4. The Labute approximate surface area is 481 Å². The van der Waals surface area contributed by atoms with E-state index in [-0.39, 0.29) is 18.5 Å². The predicted octanol–water partition coefficient (Wildman–Crippen LogP) is 22.5. The highest BCUT2D eigenvalue weighted by Crippen LogP contribution is 2.19. The van der Waals surface area contributed by atoms with E-state index in [0.29, 0.717) is 19.4 Å². The van der Waals surface area contributed by atoms with Crippen molar-refractivity contribution in [3.8, 4) is 0 Å². The third-order valence-electron chi connectivity index (χ3n) is 16.5. The van der Waals surface area contributed by atoms with E-state index < -0.39 is 12.1 Å².